The number of hydrogen-bond donors (Lipinski definition) is 1. The molecule has 0 aliphatic carbocycles. The summed E-state index contributed by atoms with van der Waals surface area (Å²) in [4.78, 5) is 50.6. The molecule has 2 aromatic rings. The van der Waals surface area contributed by atoms with Gasteiger partial charge in [0.25, 0.3) is 11.5 Å². The number of imide groups is 1. The number of carbonyl (C=O) groups is 2. The van der Waals surface area contributed by atoms with E-state index in [-0.39, 0.29) is 6.54 Å². The second-order valence-corrected chi connectivity index (χ2v) is 6.32. The van der Waals surface area contributed by atoms with Gasteiger partial charge in [0, 0.05) is 25.9 Å². The molecule has 0 saturated carbocycles. The Labute approximate surface area is 149 Å². The number of amides is 3. The lowest BCUT2D eigenvalue weighted by Crippen LogP contribution is -2.43. The molecule has 3 amide bonds. The molecule has 1 saturated heterocycles. The van der Waals surface area contributed by atoms with Gasteiger partial charge in [-0.3, -0.25) is 23.6 Å². The first-order valence-electron chi connectivity index (χ1n) is 8.27. The number of benzene rings is 1. The summed E-state index contributed by atoms with van der Waals surface area (Å²) >= 11 is 0. The first-order valence-corrected chi connectivity index (χ1v) is 8.27. The number of urea groups is 1. The Hall–Kier alpha value is -3.16. The van der Waals surface area contributed by atoms with E-state index < -0.39 is 28.7 Å². The van der Waals surface area contributed by atoms with E-state index in [9.17, 15) is 19.2 Å². The number of nitrogens with zero attached hydrogens (tertiary/aromatic N) is 3. The maximum atomic E-state index is 13.1. The van der Waals surface area contributed by atoms with Crippen molar-refractivity contribution in [1.29, 1.82) is 0 Å². The molecular weight excluding hydrogens is 336 g/mol. The molecule has 8 heteroatoms. The van der Waals surface area contributed by atoms with Crippen molar-refractivity contribution in [3.8, 4) is 0 Å². The van der Waals surface area contributed by atoms with E-state index in [1.165, 1.54) is 24.7 Å². The van der Waals surface area contributed by atoms with Gasteiger partial charge in [-0.25, -0.2) is 9.59 Å². The van der Waals surface area contributed by atoms with E-state index in [1.54, 1.807) is 24.3 Å². The van der Waals surface area contributed by atoms with E-state index in [1.807, 2.05) is 13.0 Å². The van der Waals surface area contributed by atoms with Crippen molar-refractivity contribution in [3.63, 3.8) is 0 Å². The molecule has 1 fully saturated rings. The molecule has 0 radical (unpaired) electrons. The standard InChI is InChI=1S/C18H20N4O4/c1-4-18(12-8-6-5-7-9-12)15(24)22(16(25)19-18)11-13-10-14(23)21(3)17(26)20(13)2/h5-10H,4,11H2,1-3H3,(H,19,25). The summed E-state index contributed by atoms with van der Waals surface area (Å²) in [5.74, 6) is -0.399. The Morgan fingerprint density at radius 1 is 1.00 bits per heavy atom. The van der Waals surface area contributed by atoms with E-state index in [0.29, 0.717) is 17.7 Å². The van der Waals surface area contributed by atoms with Crippen LogP contribution in [-0.4, -0.2) is 26.0 Å². The molecule has 3 rings (SSSR count). The molecule has 0 spiro atoms. The molecule has 136 valence electrons. The highest BCUT2D eigenvalue weighted by Crippen LogP contribution is 2.32. The number of rotatable bonds is 4. The Morgan fingerprint density at radius 2 is 1.65 bits per heavy atom. The van der Waals surface area contributed by atoms with Crippen LogP contribution in [0.5, 0.6) is 0 Å². The SMILES string of the molecule is CCC1(c2ccccc2)NC(=O)N(Cc2cc(=O)n(C)c(=O)n2C)C1=O. The van der Waals surface area contributed by atoms with Crippen LogP contribution in [0.3, 0.4) is 0 Å². The van der Waals surface area contributed by atoms with Crippen LogP contribution < -0.4 is 16.6 Å². The van der Waals surface area contributed by atoms with Crippen molar-refractivity contribution in [2.75, 3.05) is 0 Å². The zero-order valence-corrected chi connectivity index (χ0v) is 14.9. The van der Waals surface area contributed by atoms with Crippen molar-refractivity contribution in [1.82, 2.24) is 19.4 Å². The molecule has 1 N–H and O–H groups in total. The summed E-state index contributed by atoms with van der Waals surface area (Å²) in [6.45, 7) is 1.67. The summed E-state index contributed by atoms with van der Waals surface area (Å²) in [6, 6.07) is 9.74. The minimum absolute atomic E-state index is 0.152. The minimum Gasteiger partial charge on any atom is -0.319 e. The molecular formula is C18H20N4O4. The Kier molecular flexibility index (Phi) is 4.27. The normalized spacial score (nSPS) is 19.7. The van der Waals surface area contributed by atoms with Crippen LogP contribution in [0.1, 0.15) is 24.6 Å². The van der Waals surface area contributed by atoms with Crippen LogP contribution in [-0.2, 0) is 31.0 Å². The van der Waals surface area contributed by atoms with Crippen molar-refractivity contribution in [3.05, 3.63) is 68.5 Å². The fraction of sp³-hybridized carbons (Fsp3) is 0.333. The van der Waals surface area contributed by atoms with E-state index in [4.69, 9.17) is 0 Å². The molecule has 1 aliphatic heterocycles. The highest BCUT2D eigenvalue weighted by atomic mass is 16.2. The van der Waals surface area contributed by atoms with E-state index >= 15 is 0 Å². The fourth-order valence-corrected chi connectivity index (χ4v) is 3.22. The summed E-state index contributed by atoms with van der Waals surface area (Å²) in [5.41, 5.74) is -1.15. The zero-order valence-electron chi connectivity index (χ0n) is 14.9. The van der Waals surface area contributed by atoms with Gasteiger partial charge in [-0.05, 0) is 12.0 Å². The summed E-state index contributed by atoms with van der Waals surface area (Å²) in [5, 5.41) is 2.78. The molecule has 2 heterocycles. The maximum Gasteiger partial charge on any atom is 0.330 e. The van der Waals surface area contributed by atoms with Gasteiger partial charge in [0.05, 0.1) is 6.54 Å². The van der Waals surface area contributed by atoms with Gasteiger partial charge in [0.2, 0.25) is 0 Å². The summed E-state index contributed by atoms with van der Waals surface area (Å²) in [7, 11) is 2.87. The molecule has 26 heavy (non-hydrogen) atoms. The van der Waals surface area contributed by atoms with E-state index in [0.717, 1.165) is 9.47 Å². The lowest BCUT2D eigenvalue weighted by Gasteiger charge is -2.25. The monoisotopic (exact) mass is 356 g/mol. The van der Waals surface area contributed by atoms with Crippen LogP contribution in [0, 0.1) is 0 Å². The Balaban J connectivity index is 2.01. The second kappa shape index (κ2) is 6.29. The predicted molar refractivity (Wildman–Crippen MR) is 94.4 cm³/mol. The molecule has 1 aromatic carbocycles. The van der Waals surface area contributed by atoms with Crippen molar-refractivity contribution in [2.24, 2.45) is 14.1 Å². The fourth-order valence-electron chi connectivity index (χ4n) is 3.22. The third kappa shape index (κ3) is 2.54. The topological polar surface area (TPSA) is 93.4 Å². The quantitative estimate of drug-likeness (QED) is 0.805. The predicted octanol–water partition coefficient (Wildman–Crippen LogP) is 0.441. The second-order valence-electron chi connectivity index (χ2n) is 6.32. The summed E-state index contributed by atoms with van der Waals surface area (Å²) < 4.78 is 2.23. The van der Waals surface area contributed by atoms with Crippen LogP contribution in [0.4, 0.5) is 4.79 Å². The molecule has 1 aromatic heterocycles. The van der Waals surface area contributed by atoms with Crippen molar-refractivity contribution < 1.29 is 9.59 Å². The van der Waals surface area contributed by atoms with Gasteiger partial charge in [-0.2, -0.15) is 0 Å². The van der Waals surface area contributed by atoms with Gasteiger partial charge in [-0.1, -0.05) is 37.3 Å². The smallest absolute Gasteiger partial charge is 0.319 e. The van der Waals surface area contributed by atoms with Crippen LogP contribution >= 0.6 is 0 Å². The van der Waals surface area contributed by atoms with Crippen molar-refractivity contribution >= 4 is 11.9 Å². The average Bonchev–Trinajstić information content (AvgIpc) is 2.90. The first kappa shape index (κ1) is 17.7. The van der Waals surface area contributed by atoms with Crippen LogP contribution in [0.25, 0.3) is 0 Å². The number of carbonyl (C=O) groups excluding carboxylic acids is 2. The number of aromatic nitrogens is 2. The van der Waals surface area contributed by atoms with Gasteiger partial charge >= 0.3 is 11.7 Å². The Bertz CT molecular complexity index is 992. The van der Waals surface area contributed by atoms with Crippen LogP contribution in [0.2, 0.25) is 0 Å². The molecule has 1 aliphatic rings. The highest BCUT2D eigenvalue weighted by Gasteiger charge is 2.51. The number of hydrogen-bond acceptors (Lipinski definition) is 4. The lowest BCUT2D eigenvalue weighted by molar-refractivity contribution is -0.132. The highest BCUT2D eigenvalue weighted by molar-refractivity contribution is 6.07. The lowest BCUT2D eigenvalue weighted by atomic mass is 9.87. The average molecular weight is 356 g/mol. The minimum atomic E-state index is -1.14. The molecule has 8 nitrogen and oxygen atoms in total. The maximum absolute atomic E-state index is 13.1. The summed E-state index contributed by atoms with van der Waals surface area (Å²) in [6.07, 6.45) is 0.383. The van der Waals surface area contributed by atoms with E-state index in [2.05, 4.69) is 5.32 Å². The van der Waals surface area contributed by atoms with Gasteiger partial charge in [0.15, 0.2) is 0 Å². The van der Waals surface area contributed by atoms with Crippen molar-refractivity contribution in [2.45, 2.75) is 25.4 Å². The van der Waals surface area contributed by atoms with Gasteiger partial charge in [0.1, 0.15) is 5.54 Å². The van der Waals surface area contributed by atoms with Gasteiger partial charge < -0.3 is 5.32 Å². The third-order valence-corrected chi connectivity index (χ3v) is 4.92. The molecule has 1 atom stereocenters. The molecule has 1 unspecified atom stereocenters. The number of nitrogens with one attached hydrogen (secondary N) is 1. The largest absolute Gasteiger partial charge is 0.330 e. The zero-order chi connectivity index (χ0) is 19.1. The Morgan fingerprint density at radius 3 is 2.27 bits per heavy atom. The van der Waals surface area contributed by atoms with Crippen LogP contribution in [0.15, 0.2) is 46.0 Å². The third-order valence-electron chi connectivity index (χ3n) is 4.92. The molecule has 0 bridgehead atoms. The van der Waals surface area contributed by atoms with Gasteiger partial charge in [-0.15, -0.1) is 0 Å². The first-order chi connectivity index (χ1) is 12.3.